The first-order valence-corrected chi connectivity index (χ1v) is 11.9. The van der Waals surface area contributed by atoms with Gasteiger partial charge in [-0.1, -0.05) is 68.7 Å². The second kappa shape index (κ2) is 11.2. The minimum atomic E-state index is -0.951. The molecule has 0 unspecified atom stereocenters. The van der Waals surface area contributed by atoms with E-state index >= 15 is 0 Å². The first kappa shape index (κ1) is 24.5. The molecular formula is C31H26F4. The van der Waals surface area contributed by atoms with E-state index in [4.69, 9.17) is 0 Å². The predicted molar refractivity (Wildman–Crippen MR) is 134 cm³/mol. The van der Waals surface area contributed by atoms with Gasteiger partial charge in [-0.3, -0.25) is 0 Å². The van der Waals surface area contributed by atoms with E-state index in [-0.39, 0.29) is 11.4 Å². The smallest absolute Gasteiger partial charge is 0.159 e. The Hall–Kier alpha value is -3.58. The van der Waals surface area contributed by atoms with E-state index < -0.39 is 17.5 Å². The van der Waals surface area contributed by atoms with E-state index in [1.165, 1.54) is 31.4 Å². The average Bonchev–Trinajstić information content (AvgIpc) is 2.84. The summed E-state index contributed by atoms with van der Waals surface area (Å²) in [6.45, 7) is 2.18. The van der Waals surface area contributed by atoms with Crippen LogP contribution in [0.5, 0.6) is 0 Å². The molecule has 0 aliphatic rings. The van der Waals surface area contributed by atoms with Crippen molar-refractivity contribution in [1.29, 1.82) is 0 Å². The Balaban J connectivity index is 1.49. The minimum absolute atomic E-state index is 0.271. The van der Waals surface area contributed by atoms with Crippen LogP contribution in [0.3, 0.4) is 0 Å². The number of fused-ring (bicyclic) bond motifs is 1. The Kier molecular flexibility index (Phi) is 7.87. The van der Waals surface area contributed by atoms with E-state index in [1.54, 1.807) is 36.4 Å². The summed E-state index contributed by atoms with van der Waals surface area (Å²) in [6, 6.07) is 16.7. The van der Waals surface area contributed by atoms with Gasteiger partial charge in [-0.25, -0.2) is 17.6 Å². The van der Waals surface area contributed by atoms with Crippen LogP contribution in [0.25, 0.3) is 21.9 Å². The summed E-state index contributed by atoms with van der Waals surface area (Å²) in [5.74, 6) is 2.87. The average molecular weight is 475 g/mol. The van der Waals surface area contributed by atoms with Gasteiger partial charge in [-0.2, -0.15) is 0 Å². The molecule has 0 amide bonds. The van der Waals surface area contributed by atoms with Crippen LogP contribution in [0.1, 0.15) is 55.7 Å². The van der Waals surface area contributed by atoms with Crippen molar-refractivity contribution in [3.05, 3.63) is 107 Å². The number of hydrogen-bond donors (Lipinski definition) is 0. The zero-order valence-electron chi connectivity index (χ0n) is 19.6. The van der Waals surface area contributed by atoms with Crippen molar-refractivity contribution in [2.75, 3.05) is 0 Å². The Morgan fingerprint density at radius 1 is 0.600 bits per heavy atom. The van der Waals surface area contributed by atoms with E-state index in [2.05, 4.69) is 18.8 Å². The highest BCUT2D eigenvalue weighted by Gasteiger charge is 2.09. The molecule has 0 atom stereocenters. The fourth-order valence-electron chi connectivity index (χ4n) is 4.12. The van der Waals surface area contributed by atoms with Gasteiger partial charge in [-0.15, -0.1) is 0 Å². The number of hydrogen-bond acceptors (Lipinski definition) is 0. The Morgan fingerprint density at radius 2 is 1.37 bits per heavy atom. The van der Waals surface area contributed by atoms with E-state index in [0.29, 0.717) is 27.5 Å². The molecule has 0 radical (unpaired) electrons. The summed E-state index contributed by atoms with van der Waals surface area (Å²) in [5, 5.41) is 1.00. The van der Waals surface area contributed by atoms with Crippen LogP contribution in [0.15, 0.2) is 66.7 Å². The molecule has 0 saturated heterocycles. The molecule has 0 spiro atoms. The highest BCUT2D eigenvalue weighted by Crippen LogP contribution is 2.28. The third-order valence-corrected chi connectivity index (χ3v) is 6.10. The molecule has 4 aromatic carbocycles. The van der Waals surface area contributed by atoms with Gasteiger partial charge in [0.05, 0.1) is 5.56 Å². The topological polar surface area (TPSA) is 0 Å². The quantitative estimate of drug-likeness (QED) is 0.142. The molecule has 0 fully saturated rings. The van der Waals surface area contributed by atoms with E-state index in [1.807, 2.05) is 6.07 Å². The van der Waals surface area contributed by atoms with Crippen molar-refractivity contribution >= 4 is 10.8 Å². The molecule has 35 heavy (non-hydrogen) atoms. The molecular weight excluding hydrogens is 448 g/mol. The van der Waals surface area contributed by atoms with Gasteiger partial charge >= 0.3 is 0 Å². The van der Waals surface area contributed by atoms with Gasteiger partial charge in [0.15, 0.2) is 11.6 Å². The Bertz CT molecular complexity index is 1410. The second-order valence-electron chi connectivity index (χ2n) is 8.75. The van der Waals surface area contributed by atoms with Crippen molar-refractivity contribution in [2.24, 2.45) is 0 Å². The monoisotopic (exact) mass is 474 g/mol. The van der Waals surface area contributed by atoms with Crippen LogP contribution < -0.4 is 0 Å². The fraction of sp³-hybridized carbons (Fsp3) is 0.226. The lowest BCUT2D eigenvalue weighted by molar-refractivity contribution is 0.511. The summed E-state index contributed by atoms with van der Waals surface area (Å²) in [5.41, 5.74) is 2.50. The maximum Gasteiger partial charge on any atom is 0.159 e. The van der Waals surface area contributed by atoms with Crippen LogP contribution in [0, 0.1) is 35.1 Å². The number of unbranched alkanes of at least 4 members (excludes halogenated alkanes) is 4. The molecule has 4 aromatic rings. The van der Waals surface area contributed by atoms with Gasteiger partial charge in [0.1, 0.15) is 11.6 Å². The molecule has 0 aliphatic carbocycles. The Labute approximate surface area is 203 Å². The zero-order chi connectivity index (χ0) is 24.8. The van der Waals surface area contributed by atoms with Crippen molar-refractivity contribution in [2.45, 2.75) is 45.4 Å². The summed E-state index contributed by atoms with van der Waals surface area (Å²) in [6.07, 6.45) is 6.66. The summed E-state index contributed by atoms with van der Waals surface area (Å²) in [7, 11) is 0. The van der Waals surface area contributed by atoms with Gasteiger partial charge in [0.25, 0.3) is 0 Å². The van der Waals surface area contributed by atoms with Crippen molar-refractivity contribution in [1.82, 2.24) is 0 Å². The van der Waals surface area contributed by atoms with Gasteiger partial charge in [0, 0.05) is 11.1 Å². The molecule has 0 N–H and O–H groups in total. The standard InChI is InChI=1S/C31H26F4/c1-2-3-4-5-6-7-21-8-11-23(28(32)16-21)12-9-22-10-15-27(29(33)17-22)25-14-13-24-19-30(34)31(35)20-26(24)18-25/h8,10-11,13-20H,2-7H2,1H3. The number of halogens is 4. The van der Waals surface area contributed by atoms with Crippen LogP contribution in [-0.2, 0) is 6.42 Å². The maximum absolute atomic E-state index is 14.9. The molecule has 4 heteroatoms. The first-order valence-electron chi connectivity index (χ1n) is 11.9. The van der Waals surface area contributed by atoms with Crippen LogP contribution in [0.4, 0.5) is 17.6 Å². The number of benzene rings is 4. The summed E-state index contributed by atoms with van der Waals surface area (Å²) in [4.78, 5) is 0. The second-order valence-corrected chi connectivity index (χ2v) is 8.75. The van der Waals surface area contributed by atoms with Crippen LogP contribution in [-0.4, -0.2) is 0 Å². The van der Waals surface area contributed by atoms with Crippen molar-refractivity contribution < 1.29 is 17.6 Å². The number of aryl methyl sites for hydroxylation is 1. The minimum Gasteiger partial charge on any atom is -0.206 e. The Morgan fingerprint density at radius 3 is 2.11 bits per heavy atom. The molecule has 0 aliphatic heterocycles. The molecule has 0 saturated carbocycles. The molecule has 0 aromatic heterocycles. The van der Waals surface area contributed by atoms with Gasteiger partial charge in [-0.05, 0) is 77.2 Å². The van der Waals surface area contributed by atoms with Gasteiger partial charge < -0.3 is 0 Å². The highest BCUT2D eigenvalue weighted by atomic mass is 19.2. The molecule has 0 nitrogen and oxygen atoms in total. The molecule has 0 heterocycles. The first-order chi connectivity index (χ1) is 16.9. The normalized spacial score (nSPS) is 10.9. The summed E-state index contributed by atoms with van der Waals surface area (Å²) < 4.78 is 56.4. The van der Waals surface area contributed by atoms with E-state index in [0.717, 1.165) is 37.0 Å². The largest absolute Gasteiger partial charge is 0.206 e. The third kappa shape index (κ3) is 6.11. The molecule has 4 rings (SSSR count). The highest BCUT2D eigenvalue weighted by molar-refractivity contribution is 5.87. The third-order valence-electron chi connectivity index (χ3n) is 6.10. The van der Waals surface area contributed by atoms with E-state index in [9.17, 15) is 17.6 Å². The zero-order valence-corrected chi connectivity index (χ0v) is 19.6. The van der Waals surface area contributed by atoms with Crippen LogP contribution in [0.2, 0.25) is 0 Å². The number of rotatable bonds is 7. The van der Waals surface area contributed by atoms with Crippen molar-refractivity contribution in [3.63, 3.8) is 0 Å². The van der Waals surface area contributed by atoms with Crippen LogP contribution >= 0.6 is 0 Å². The van der Waals surface area contributed by atoms with Crippen molar-refractivity contribution in [3.8, 4) is 23.0 Å². The lowest BCUT2D eigenvalue weighted by atomic mass is 9.99. The maximum atomic E-state index is 14.9. The lowest BCUT2D eigenvalue weighted by Gasteiger charge is -2.07. The fourth-order valence-corrected chi connectivity index (χ4v) is 4.12. The summed E-state index contributed by atoms with van der Waals surface area (Å²) >= 11 is 0. The molecule has 178 valence electrons. The molecule has 0 bridgehead atoms. The van der Waals surface area contributed by atoms with Gasteiger partial charge in [0.2, 0.25) is 0 Å². The SMILES string of the molecule is CCCCCCCc1ccc(C#Cc2ccc(-c3ccc4cc(F)c(F)cc4c3)c(F)c2)c(F)c1. The predicted octanol–water partition coefficient (Wildman–Crippen LogP) is 8.98. The lowest BCUT2D eigenvalue weighted by Crippen LogP contribution is -1.91.